The lowest BCUT2D eigenvalue weighted by atomic mass is 9.88. The van der Waals surface area contributed by atoms with E-state index < -0.39 is 0 Å². The highest BCUT2D eigenvalue weighted by Gasteiger charge is 2.50. The fourth-order valence-electron chi connectivity index (χ4n) is 6.31. The summed E-state index contributed by atoms with van der Waals surface area (Å²) < 4.78 is 10.2. The van der Waals surface area contributed by atoms with Crippen molar-refractivity contribution in [1.82, 2.24) is 23.8 Å². The molecule has 1 spiro atoms. The molecule has 1 saturated heterocycles. The van der Waals surface area contributed by atoms with Gasteiger partial charge in [-0.3, -0.25) is 9.20 Å². The minimum absolute atomic E-state index is 0.00176. The van der Waals surface area contributed by atoms with Crippen molar-refractivity contribution in [3.63, 3.8) is 0 Å². The number of carbonyl (C=O) groups excluding carboxylic acids is 1. The van der Waals surface area contributed by atoms with Gasteiger partial charge in [-0.15, -0.1) is 0 Å². The number of fused-ring (bicyclic) bond motifs is 2. The van der Waals surface area contributed by atoms with Crippen molar-refractivity contribution in [3.05, 3.63) is 47.3 Å². The third-order valence-electron chi connectivity index (χ3n) is 9.18. The molecule has 2 N–H and O–H groups in total. The molecule has 0 radical (unpaired) electrons. The van der Waals surface area contributed by atoms with Crippen LogP contribution < -0.4 is 10.5 Å². The second-order valence-electron chi connectivity index (χ2n) is 11.6. The van der Waals surface area contributed by atoms with E-state index >= 15 is 0 Å². The van der Waals surface area contributed by atoms with Gasteiger partial charge >= 0.3 is 0 Å². The van der Waals surface area contributed by atoms with E-state index in [9.17, 15) is 4.79 Å². The SMILES string of the molecule is CCc1ccc2cc(-c3nc4cc(C(=O)N5CCC6(CC6)[C@@H](N)C5)cc(OC)n4c3C)n(CC3CC3)c2n1. The number of carbonyl (C=O) groups is 1. The quantitative estimate of drug-likeness (QED) is 0.408. The molecule has 5 heterocycles. The van der Waals surface area contributed by atoms with Crippen molar-refractivity contribution in [2.45, 2.75) is 65.0 Å². The number of hydrogen-bond donors (Lipinski definition) is 1. The van der Waals surface area contributed by atoms with Gasteiger partial charge in [0.2, 0.25) is 0 Å². The molecule has 7 rings (SSSR count). The molecular weight excluding hydrogens is 476 g/mol. The summed E-state index contributed by atoms with van der Waals surface area (Å²) in [4.78, 5) is 25.6. The number of ether oxygens (including phenoxy) is 1. The summed E-state index contributed by atoms with van der Waals surface area (Å²) >= 11 is 0. The third-order valence-corrected chi connectivity index (χ3v) is 9.18. The molecule has 1 atom stereocenters. The Morgan fingerprint density at radius 3 is 2.66 bits per heavy atom. The monoisotopic (exact) mass is 512 g/mol. The number of aryl methyl sites for hydroxylation is 2. The van der Waals surface area contributed by atoms with Crippen LogP contribution in [-0.4, -0.2) is 56.0 Å². The normalized spacial score (nSPS) is 20.5. The summed E-state index contributed by atoms with van der Waals surface area (Å²) in [6.45, 7) is 6.53. The Balaban J connectivity index is 1.31. The number of hydrogen-bond acceptors (Lipinski definition) is 5. The Hall–Kier alpha value is -3.39. The highest BCUT2D eigenvalue weighted by atomic mass is 16.5. The van der Waals surface area contributed by atoms with E-state index in [1.807, 2.05) is 21.4 Å². The second-order valence-corrected chi connectivity index (χ2v) is 11.6. The lowest BCUT2D eigenvalue weighted by Crippen LogP contribution is -2.51. The van der Waals surface area contributed by atoms with Crippen molar-refractivity contribution < 1.29 is 9.53 Å². The number of imidazole rings is 1. The highest BCUT2D eigenvalue weighted by Crippen LogP contribution is 2.53. The van der Waals surface area contributed by atoms with Crippen molar-refractivity contribution in [3.8, 4) is 17.3 Å². The first-order valence-electron chi connectivity index (χ1n) is 14.0. The summed E-state index contributed by atoms with van der Waals surface area (Å²) in [6.07, 6.45) is 6.81. The lowest BCUT2D eigenvalue weighted by molar-refractivity contribution is 0.0645. The van der Waals surface area contributed by atoms with E-state index in [1.54, 1.807) is 7.11 Å². The van der Waals surface area contributed by atoms with Crippen LogP contribution in [0.2, 0.25) is 0 Å². The number of pyridine rings is 2. The van der Waals surface area contributed by atoms with Crippen LogP contribution >= 0.6 is 0 Å². The fraction of sp³-hybridized carbons (Fsp3) is 0.500. The van der Waals surface area contributed by atoms with Gasteiger partial charge in [-0.2, -0.15) is 0 Å². The fourth-order valence-corrected chi connectivity index (χ4v) is 6.31. The molecule has 3 fully saturated rings. The molecule has 8 nitrogen and oxygen atoms in total. The number of nitrogens with zero attached hydrogens (tertiary/aromatic N) is 5. The lowest BCUT2D eigenvalue weighted by Gasteiger charge is -2.37. The molecule has 2 saturated carbocycles. The number of amides is 1. The van der Waals surface area contributed by atoms with Crippen molar-refractivity contribution in [1.29, 1.82) is 0 Å². The summed E-state index contributed by atoms with van der Waals surface area (Å²) in [5.41, 5.74) is 13.1. The topological polar surface area (TPSA) is 90.7 Å². The second kappa shape index (κ2) is 8.56. The Bertz CT molecular complexity index is 1570. The standard InChI is InChI=1S/C30H36N6O2/c1-4-22-8-7-20-13-23(35(28(20)32-22)16-19-5-6-19)27-18(2)36-25(33-27)14-21(15-26(36)38-3)29(37)34-12-11-30(9-10-30)24(31)17-34/h7-8,13-15,19,24H,4-6,9-12,16-17,31H2,1-3H3/t24-/m0/s1. The van der Waals surface area contributed by atoms with E-state index in [0.717, 1.165) is 59.7 Å². The number of methoxy groups -OCH3 is 1. The van der Waals surface area contributed by atoms with E-state index in [1.165, 1.54) is 25.7 Å². The number of piperidine rings is 1. The molecule has 4 aromatic heterocycles. The predicted molar refractivity (Wildman–Crippen MR) is 147 cm³/mol. The molecule has 2 aliphatic carbocycles. The van der Waals surface area contributed by atoms with Gasteiger partial charge in [0.15, 0.2) is 5.88 Å². The molecule has 0 unspecified atom stereocenters. The predicted octanol–water partition coefficient (Wildman–Crippen LogP) is 4.59. The number of aromatic nitrogens is 4. The van der Waals surface area contributed by atoms with Crippen molar-refractivity contribution >= 4 is 22.6 Å². The van der Waals surface area contributed by atoms with E-state index in [2.05, 4.69) is 36.6 Å². The van der Waals surface area contributed by atoms with Crippen LogP contribution in [-0.2, 0) is 13.0 Å². The van der Waals surface area contributed by atoms with Crippen molar-refractivity contribution in [2.24, 2.45) is 17.1 Å². The molecule has 1 amide bonds. The van der Waals surface area contributed by atoms with E-state index in [-0.39, 0.29) is 17.4 Å². The number of nitrogens with two attached hydrogens (primary N) is 1. The molecule has 0 bridgehead atoms. The zero-order valence-corrected chi connectivity index (χ0v) is 22.5. The molecule has 8 heteroatoms. The Morgan fingerprint density at radius 1 is 1.16 bits per heavy atom. The van der Waals surface area contributed by atoms with Crippen LogP contribution in [0.5, 0.6) is 5.88 Å². The molecule has 0 aromatic carbocycles. The van der Waals surface area contributed by atoms with E-state index in [0.29, 0.717) is 29.6 Å². The Morgan fingerprint density at radius 2 is 1.97 bits per heavy atom. The van der Waals surface area contributed by atoms with Crippen LogP contribution in [0.1, 0.15) is 60.8 Å². The van der Waals surface area contributed by atoms with Crippen LogP contribution in [0.3, 0.4) is 0 Å². The van der Waals surface area contributed by atoms with E-state index in [4.69, 9.17) is 20.4 Å². The molecule has 198 valence electrons. The molecule has 3 aliphatic rings. The van der Waals surface area contributed by atoms with Gasteiger partial charge in [-0.05, 0) is 81.0 Å². The first-order valence-corrected chi connectivity index (χ1v) is 14.0. The van der Waals surface area contributed by atoms with Crippen LogP contribution in [0.25, 0.3) is 28.1 Å². The van der Waals surface area contributed by atoms with Gasteiger partial charge in [0.1, 0.15) is 17.0 Å². The summed E-state index contributed by atoms with van der Waals surface area (Å²) in [5.74, 6) is 1.30. The Labute approximate surface area is 222 Å². The zero-order valence-electron chi connectivity index (χ0n) is 22.5. The van der Waals surface area contributed by atoms with Crippen LogP contribution in [0.4, 0.5) is 0 Å². The number of likely N-dealkylation sites (tertiary alicyclic amines) is 1. The summed E-state index contributed by atoms with van der Waals surface area (Å²) in [7, 11) is 1.65. The molecular formula is C30H36N6O2. The van der Waals surface area contributed by atoms with Gasteiger partial charge in [0.25, 0.3) is 5.91 Å². The Kier molecular flexibility index (Phi) is 5.34. The van der Waals surface area contributed by atoms with Crippen molar-refractivity contribution in [2.75, 3.05) is 20.2 Å². The smallest absolute Gasteiger partial charge is 0.254 e. The molecule has 38 heavy (non-hydrogen) atoms. The van der Waals surface area contributed by atoms with Crippen LogP contribution in [0.15, 0.2) is 30.3 Å². The molecule has 4 aromatic rings. The minimum Gasteiger partial charge on any atom is -0.482 e. The third kappa shape index (κ3) is 3.72. The molecule has 1 aliphatic heterocycles. The highest BCUT2D eigenvalue weighted by molar-refractivity contribution is 5.96. The maximum atomic E-state index is 13.6. The number of rotatable bonds is 6. The van der Waals surface area contributed by atoms with Gasteiger partial charge < -0.3 is 19.9 Å². The first-order chi connectivity index (χ1) is 18.4. The minimum atomic E-state index is -0.00176. The van der Waals surface area contributed by atoms with Gasteiger partial charge in [-0.25, -0.2) is 9.97 Å². The maximum absolute atomic E-state index is 13.6. The maximum Gasteiger partial charge on any atom is 0.254 e. The average Bonchev–Trinajstić information content (AvgIpc) is 3.85. The first kappa shape index (κ1) is 23.7. The summed E-state index contributed by atoms with van der Waals surface area (Å²) in [6, 6.07) is 10.3. The van der Waals surface area contributed by atoms with Gasteiger partial charge in [0, 0.05) is 48.4 Å². The zero-order chi connectivity index (χ0) is 26.2. The largest absolute Gasteiger partial charge is 0.482 e. The van der Waals surface area contributed by atoms with Gasteiger partial charge in [-0.1, -0.05) is 6.92 Å². The van der Waals surface area contributed by atoms with Crippen LogP contribution in [0, 0.1) is 18.3 Å². The summed E-state index contributed by atoms with van der Waals surface area (Å²) in [5, 5.41) is 1.13. The van der Waals surface area contributed by atoms with Gasteiger partial charge in [0.05, 0.1) is 18.5 Å². The average molecular weight is 513 g/mol.